The van der Waals surface area contributed by atoms with Crippen LogP contribution in [0, 0.1) is 5.92 Å². The van der Waals surface area contributed by atoms with E-state index in [2.05, 4.69) is 28.8 Å². The van der Waals surface area contributed by atoms with Gasteiger partial charge in [0.05, 0.1) is 19.1 Å². The fourth-order valence-electron chi connectivity index (χ4n) is 3.14. The molecule has 1 fully saturated rings. The Balaban J connectivity index is 1.77. The molecule has 0 aromatic heterocycles. The summed E-state index contributed by atoms with van der Waals surface area (Å²) in [5.74, 6) is 1.05. The summed E-state index contributed by atoms with van der Waals surface area (Å²) in [6, 6.07) is 18.1. The van der Waals surface area contributed by atoms with Gasteiger partial charge in [-0.2, -0.15) is 0 Å². The third kappa shape index (κ3) is 4.15. The number of hydrogen-bond donors (Lipinski definition) is 2. The maximum Gasteiger partial charge on any atom is 0.224 e. The number of benzene rings is 2. The molecule has 2 aromatic carbocycles. The van der Waals surface area contributed by atoms with E-state index in [4.69, 9.17) is 4.74 Å². The lowest BCUT2D eigenvalue weighted by Crippen LogP contribution is -2.35. The number of carbonyl (C=O) groups is 1. The first kappa shape index (κ1) is 16.5. The van der Waals surface area contributed by atoms with Crippen LogP contribution < -0.4 is 15.4 Å². The summed E-state index contributed by atoms with van der Waals surface area (Å²) in [7, 11) is 1.67. The molecule has 0 bridgehead atoms. The van der Waals surface area contributed by atoms with E-state index < -0.39 is 0 Å². The van der Waals surface area contributed by atoms with Crippen molar-refractivity contribution in [2.45, 2.75) is 18.9 Å². The second kappa shape index (κ2) is 7.97. The van der Waals surface area contributed by atoms with E-state index in [1.165, 1.54) is 0 Å². The zero-order valence-corrected chi connectivity index (χ0v) is 14.0. The molecule has 3 rings (SSSR count). The molecule has 126 valence electrons. The molecule has 0 radical (unpaired) electrons. The van der Waals surface area contributed by atoms with Gasteiger partial charge in [-0.05, 0) is 42.6 Å². The largest absolute Gasteiger partial charge is 0.497 e. The quantitative estimate of drug-likeness (QED) is 0.859. The topological polar surface area (TPSA) is 50.4 Å². The second-order valence-corrected chi connectivity index (χ2v) is 6.22. The van der Waals surface area contributed by atoms with Gasteiger partial charge in [0.15, 0.2) is 0 Å². The molecule has 1 aliphatic rings. The Hall–Kier alpha value is -2.33. The van der Waals surface area contributed by atoms with Gasteiger partial charge < -0.3 is 15.4 Å². The van der Waals surface area contributed by atoms with E-state index in [-0.39, 0.29) is 17.9 Å². The van der Waals surface area contributed by atoms with Gasteiger partial charge in [0.2, 0.25) is 5.91 Å². The molecule has 4 nitrogen and oxygen atoms in total. The van der Waals surface area contributed by atoms with E-state index in [0.717, 1.165) is 42.8 Å². The highest BCUT2D eigenvalue weighted by Gasteiger charge is 2.25. The van der Waals surface area contributed by atoms with Crippen LogP contribution in [0.4, 0.5) is 0 Å². The highest BCUT2D eigenvalue weighted by Crippen LogP contribution is 2.22. The fourth-order valence-corrected chi connectivity index (χ4v) is 3.14. The molecule has 1 heterocycles. The van der Waals surface area contributed by atoms with Crippen molar-refractivity contribution in [1.29, 1.82) is 0 Å². The van der Waals surface area contributed by atoms with Crippen LogP contribution in [0.25, 0.3) is 0 Å². The van der Waals surface area contributed by atoms with E-state index in [1.54, 1.807) is 7.11 Å². The van der Waals surface area contributed by atoms with Gasteiger partial charge in [0, 0.05) is 6.54 Å². The number of methoxy groups -OCH3 is 1. The lowest BCUT2D eigenvalue weighted by Gasteiger charge is -2.21. The predicted octanol–water partition coefficient (Wildman–Crippen LogP) is 2.70. The van der Waals surface area contributed by atoms with Crippen LogP contribution in [0.1, 0.15) is 23.6 Å². The number of hydrogen-bond acceptors (Lipinski definition) is 3. The number of amides is 1. The monoisotopic (exact) mass is 324 g/mol. The van der Waals surface area contributed by atoms with E-state index >= 15 is 0 Å². The smallest absolute Gasteiger partial charge is 0.224 e. The Morgan fingerprint density at radius 1 is 1.25 bits per heavy atom. The average Bonchev–Trinajstić information content (AvgIpc) is 3.17. The van der Waals surface area contributed by atoms with Crippen molar-refractivity contribution in [2.75, 3.05) is 20.2 Å². The van der Waals surface area contributed by atoms with E-state index in [9.17, 15) is 4.79 Å². The second-order valence-electron chi connectivity index (χ2n) is 6.22. The highest BCUT2D eigenvalue weighted by atomic mass is 16.5. The number of carbonyl (C=O) groups excluding carboxylic acids is 1. The van der Waals surface area contributed by atoms with Gasteiger partial charge in [0.25, 0.3) is 0 Å². The standard InChI is InChI=1S/C20H24N2O2/c1-24-18-9-5-6-15(12-18)13-19(16-7-3-2-4-8-16)22-20(23)17-10-11-21-14-17/h2-9,12,17,19,21H,10-11,13-14H2,1H3,(H,22,23). The summed E-state index contributed by atoms with van der Waals surface area (Å²) < 4.78 is 5.31. The summed E-state index contributed by atoms with van der Waals surface area (Å²) in [6.45, 7) is 1.69. The molecule has 1 aliphatic heterocycles. The van der Waals surface area contributed by atoms with Crippen molar-refractivity contribution < 1.29 is 9.53 Å². The van der Waals surface area contributed by atoms with Crippen molar-refractivity contribution in [2.24, 2.45) is 5.92 Å². The zero-order valence-electron chi connectivity index (χ0n) is 14.0. The van der Waals surface area contributed by atoms with Gasteiger partial charge in [-0.3, -0.25) is 4.79 Å². The maximum absolute atomic E-state index is 12.6. The van der Waals surface area contributed by atoms with Gasteiger partial charge in [-0.25, -0.2) is 0 Å². The normalized spacial score (nSPS) is 18.1. The molecular weight excluding hydrogens is 300 g/mol. The maximum atomic E-state index is 12.6. The van der Waals surface area contributed by atoms with Crippen molar-refractivity contribution in [1.82, 2.24) is 10.6 Å². The van der Waals surface area contributed by atoms with Crippen LogP contribution in [0.2, 0.25) is 0 Å². The molecule has 2 atom stereocenters. The van der Waals surface area contributed by atoms with Crippen molar-refractivity contribution in [3.05, 3.63) is 65.7 Å². The van der Waals surface area contributed by atoms with E-state index in [1.807, 2.05) is 36.4 Å². The molecule has 0 spiro atoms. The predicted molar refractivity (Wildman–Crippen MR) is 95.0 cm³/mol. The summed E-state index contributed by atoms with van der Waals surface area (Å²) in [5, 5.41) is 6.50. The molecule has 0 saturated carbocycles. The van der Waals surface area contributed by atoms with Crippen LogP contribution in [-0.4, -0.2) is 26.1 Å². The first-order valence-electron chi connectivity index (χ1n) is 8.45. The first-order valence-corrected chi connectivity index (χ1v) is 8.45. The Bertz CT molecular complexity index is 666. The number of rotatable bonds is 6. The van der Waals surface area contributed by atoms with E-state index in [0.29, 0.717) is 0 Å². The minimum absolute atomic E-state index is 0.0357. The van der Waals surface area contributed by atoms with Crippen LogP contribution in [0.5, 0.6) is 5.75 Å². The Kier molecular flexibility index (Phi) is 5.49. The van der Waals surface area contributed by atoms with Gasteiger partial charge in [-0.15, -0.1) is 0 Å². The van der Waals surface area contributed by atoms with Crippen LogP contribution >= 0.6 is 0 Å². The molecule has 2 N–H and O–H groups in total. The lowest BCUT2D eigenvalue weighted by molar-refractivity contribution is -0.125. The Labute approximate surface area is 143 Å². The molecule has 1 amide bonds. The lowest BCUT2D eigenvalue weighted by atomic mass is 9.97. The van der Waals surface area contributed by atoms with Gasteiger partial charge in [0.1, 0.15) is 5.75 Å². The summed E-state index contributed by atoms with van der Waals surface area (Å²) in [6.07, 6.45) is 1.65. The van der Waals surface area contributed by atoms with Crippen molar-refractivity contribution in [3.63, 3.8) is 0 Å². The summed E-state index contributed by atoms with van der Waals surface area (Å²) in [4.78, 5) is 12.6. The summed E-state index contributed by atoms with van der Waals surface area (Å²) in [5.41, 5.74) is 2.27. The molecule has 2 aromatic rings. The van der Waals surface area contributed by atoms with Crippen LogP contribution in [0.15, 0.2) is 54.6 Å². The number of nitrogens with one attached hydrogen (secondary N) is 2. The van der Waals surface area contributed by atoms with Crippen LogP contribution in [0.3, 0.4) is 0 Å². The minimum Gasteiger partial charge on any atom is -0.497 e. The Morgan fingerprint density at radius 2 is 2.08 bits per heavy atom. The molecule has 0 aliphatic carbocycles. The molecular formula is C20H24N2O2. The molecule has 2 unspecified atom stereocenters. The van der Waals surface area contributed by atoms with Crippen molar-refractivity contribution >= 4 is 5.91 Å². The van der Waals surface area contributed by atoms with Gasteiger partial charge >= 0.3 is 0 Å². The third-order valence-corrected chi connectivity index (χ3v) is 4.52. The number of ether oxygens (including phenoxy) is 1. The molecule has 1 saturated heterocycles. The molecule has 24 heavy (non-hydrogen) atoms. The van der Waals surface area contributed by atoms with Crippen molar-refractivity contribution in [3.8, 4) is 5.75 Å². The average molecular weight is 324 g/mol. The minimum atomic E-state index is -0.0357. The zero-order chi connectivity index (χ0) is 16.8. The SMILES string of the molecule is COc1cccc(CC(NC(=O)C2CCNC2)c2ccccc2)c1. The van der Waals surface area contributed by atoms with Crippen LogP contribution in [-0.2, 0) is 11.2 Å². The third-order valence-electron chi connectivity index (χ3n) is 4.52. The molecule has 4 heteroatoms. The highest BCUT2D eigenvalue weighted by molar-refractivity contribution is 5.79. The Morgan fingerprint density at radius 3 is 2.79 bits per heavy atom. The summed E-state index contributed by atoms with van der Waals surface area (Å²) >= 11 is 0. The first-order chi connectivity index (χ1) is 11.8. The fraction of sp³-hybridized carbons (Fsp3) is 0.350. The van der Waals surface area contributed by atoms with Gasteiger partial charge in [-0.1, -0.05) is 42.5 Å².